The second-order valence-corrected chi connectivity index (χ2v) is 4.71. The number of benzene rings is 1. The number of methoxy groups -OCH3 is 2. The molecule has 0 radical (unpaired) electrons. The monoisotopic (exact) mass is 311 g/mol. The second kappa shape index (κ2) is 8.11. The number of rotatable bonds is 6. The van der Waals surface area contributed by atoms with Crippen molar-refractivity contribution in [2.45, 2.75) is 19.4 Å². The third kappa shape index (κ3) is 4.54. The number of amides is 1. The van der Waals surface area contributed by atoms with Crippen LogP contribution in [0.3, 0.4) is 0 Å². The van der Waals surface area contributed by atoms with Gasteiger partial charge in [-0.1, -0.05) is 19.1 Å². The minimum Gasteiger partial charge on any atom is -0.469 e. The van der Waals surface area contributed by atoms with Gasteiger partial charge in [-0.25, -0.2) is 9.18 Å². The molecule has 6 nitrogen and oxygen atoms in total. The minimum atomic E-state index is -1.09. The van der Waals surface area contributed by atoms with E-state index in [1.165, 1.54) is 25.3 Å². The van der Waals surface area contributed by atoms with E-state index in [0.717, 1.165) is 13.2 Å². The predicted octanol–water partition coefficient (Wildman–Crippen LogP) is 1.30. The van der Waals surface area contributed by atoms with E-state index >= 15 is 0 Å². The van der Waals surface area contributed by atoms with Crippen molar-refractivity contribution >= 4 is 17.8 Å². The molecule has 0 heterocycles. The fourth-order valence-electron chi connectivity index (χ4n) is 1.89. The molecule has 22 heavy (non-hydrogen) atoms. The molecule has 1 aromatic carbocycles. The van der Waals surface area contributed by atoms with Gasteiger partial charge in [0.1, 0.15) is 11.9 Å². The Kier molecular flexibility index (Phi) is 6.49. The summed E-state index contributed by atoms with van der Waals surface area (Å²) in [6.45, 7) is 1.58. The summed E-state index contributed by atoms with van der Waals surface area (Å²) in [5.74, 6) is -3.28. The molecule has 0 aliphatic carbocycles. The highest BCUT2D eigenvalue weighted by Gasteiger charge is 2.30. The Morgan fingerprint density at radius 2 is 1.82 bits per heavy atom. The molecule has 1 rings (SSSR count). The maximum absolute atomic E-state index is 13.6. The summed E-state index contributed by atoms with van der Waals surface area (Å²) in [5, 5.41) is 2.39. The third-order valence-electron chi connectivity index (χ3n) is 3.15. The van der Waals surface area contributed by atoms with E-state index in [1.807, 2.05) is 0 Å². The van der Waals surface area contributed by atoms with Crippen LogP contribution in [0.5, 0.6) is 0 Å². The van der Waals surface area contributed by atoms with E-state index in [0.29, 0.717) is 0 Å². The minimum absolute atomic E-state index is 0.0895. The van der Waals surface area contributed by atoms with Gasteiger partial charge < -0.3 is 14.8 Å². The molecule has 7 heteroatoms. The number of halogens is 1. The van der Waals surface area contributed by atoms with Gasteiger partial charge in [-0.15, -0.1) is 0 Å². The Hall–Kier alpha value is -2.44. The Bertz CT molecular complexity index is 561. The SMILES string of the molecule is COC(=O)C[C@@H](C)[C@H](NC(=O)c1ccccc1F)C(=O)OC. The van der Waals surface area contributed by atoms with Crippen LogP contribution in [-0.2, 0) is 19.1 Å². The molecule has 0 fully saturated rings. The predicted molar refractivity (Wildman–Crippen MR) is 75.5 cm³/mol. The molecule has 0 bridgehead atoms. The summed E-state index contributed by atoms with van der Waals surface area (Å²) in [6.07, 6.45) is -0.0895. The fraction of sp³-hybridized carbons (Fsp3) is 0.400. The molecule has 1 N–H and O–H groups in total. The van der Waals surface area contributed by atoms with Crippen LogP contribution >= 0.6 is 0 Å². The number of nitrogens with one attached hydrogen (secondary N) is 1. The van der Waals surface area contributed by atoms with Crippen molar-refractivity contribution < 1.29 is 28.2 Å². The molecular weight excluding hydrogens is 293 g/mol. The maximum atomic E-state index is 13.6. The van der Waals surface area contributed by atoms with Gasteiger partial charge in [-0.3, -0.25) is 9.59 Å². The summed E-state index contributed by atoms with van der Waals surface area (Å²) in [6, 6.07) is 4.30. The van der Waals surface area contributed by atoms with Crippen LogP contribution in [0.25, 0.3) is 0 Å². The molecule has 0 saturated heterocycles. The number of carbonyl (C=O) groups is 3. The highest BCUT2D eigenvalue weighted by Crippen LogP contribution is 2.13. The standard InChI is InChI=1S/C15H18FNO5/c1-9(8-12(18)21-2)13(15(20)22-3)17-14(19)10-6-4-5-7-11(10)16/h4-7,9,13H,8H2,1-3H3,(H,17,19)/t9-,13+/m1/s1. The lowest BCUT2D eigenvalue weighted by molar-refractivity contribution is -0.146. The number of hydrogen-bond acceptors (Lipinski definition) is 5. The molecule has 2 atom stereocenters. The molecule has 0 aliphatic heterocycles. The molecule has 1 aromatic rings. The summed E-state index contributed by atoms with van der Waals surface area (Å²) >= 11 is 0. The van der Waals surface area contributed by atoms with Gasteiger partial charge in [0.15, 0.2) is 0 Å². The highest BCUT2D eigenvalue weighted by molar-refractivity contribution is 5.97. The third-order valence-corrected chi connectivity index (χ3v) is 3.15. The maximum Gasteiger partial charge on any atom is 0.328 e. The van der Waals surface area contributed by atoms with Gasteiger partial charge in [-0.05, 0) is 18.1 Å². The van der Waals surface area contributed by atoms with Crippen molar-refractivity contribution in [2.75, 3.05) is 14.2 Å². The molecule has 0 aromatic heterocycles. The van der Waals surface area contributed by atoms with Crippen LogP contribution in [0.2, 0.25) is 0 Å². The molecule has 0 spiro atoms. The van der Waals surface area contributed by atoms with Gasteiger partial charge in [-0.2, -0.15) is 0 Å². The van der Waals surface area contributed by atoms with E-state index in [1.54, 1.807) is 6.92 Å². The van der Waals surface area contributed by atoms with Crippen LogP contribution in [0, 0.1) is 11.7 Å². The van der Waals surface area contributed by atoms with Crippen molar-refractivity contribution in [3.8, 4) is 0 Å². The Balaban J connectivity index is 2.90. The van der Waals surface area contributed by atoms with Gasteiger partial charge >= 0.3 is 11.9 Å². The first-order valence-electron chi connectivity index (χ1n) is 6.60. The Morgan fingerprint density at radius 1 is 1.18 bits per heavy atom. The topological polar surface area (TPSA) is 81.7 Å². The van der Waals surface area contributed by atoms with E-state index in [9.17, 15) is 18.8 Å². The van der Waals surface area contributed by atoms with Crippen molar-refractivity contribution in [3.63, 3.8) is 0 Å². The zero-order valence-corrected chi connectivity index (χ0v) is 12.6. The van der Waals surface area contributed by atoms with Gasteiger partial charge in [0.2, 0.25) is 0 Å². The van der Waals surface area contributed by atoms with Gasteiger partial charge in [0.05, 0.1) is 26.2 Å². The highest BCUT2D eigenvalue weighted by atomic mass is 19.1. The lowest BCUT2D eigenvalue weighted by atomic mass is 9.97. The lowest BCUT2D eigenvalue weighted by Gasteiger charge is -2.22. The average molecular weight is 311 g/mol. The quantitative estimate of drug-likeness (QED) is 0.801. The second-order valence-electron chi connectivity index (χ2n) is 4.71. The number of esters is 2. The van der Waals surface area contributed by atoms with Crippen LogP contribution in [-0.4, -0.2) is 38.1 Å². The van der Waals surface area contributed by atoms with E-state index in [4.69, 9.17) is 0 Å². The van der Waals surface area contributed by atoms with Crippen LogP contribution in [0.15, 0.2) is 24.3 Å². The summed E-state index contributed by atoms with van der Waals surface area (Å²) in [4.78, 5) is 35.2. The van der Waals surface area contributed by atoms with E-state index in [2.05, 4.69) is 14.8 Å². The summed E-state index contributed by atoms with van der Waals surface area (Å²) < 4.78 is 22.7. The lowest BCUT2D eigenvalue weighted by Crippen LogP contribution is -2.46. The largest absolute Gasteiger partial charge is 0.469 e. The van der Waals surface area contributed by atoms with Crippen molar-refractivity contribution in [3.05, 3.63) is 35.6 Å². The summed E-state index contributed by atoms with van der Waals surface area (Å²) in [7, 11) is 2.38. The first-order chi connectivity index (χ1) is 10.4. The first kappa shape index (κ1) is 17.6. The smallest absolute Gasteiger partial charge is 0.328 e. The summed E-state index contributed by atoms with van der Waals surface area (Å²) in [5.41, 5.74) is -0.193. The molecule has 0 unspecified atom stereocenters. The van der Waals surface area contributed by atoms with Crippen molar-refractivity contribution in [1.82, 2.24) is 5.32 Å². The van der Waals surface area contributed by atoms with E-state index in [-0.39, 0.29) is 12.0 Å². The number of ether oxygens (including phenoxy) is 2. The zero-order chi connectivity index (χ0) is 16.7. The molecular formula is C15H18FNO5. The Labute approximate surface area is 127 Å². The fourth-order valence-corrected chi connectivity index (χ4v) is 1.89. The molecule has 1 amide bonds. The van der Waals surface area contributed by atoms with Gasteiger partial charge in [0.25, 0.3) is 5.91 Å². The molecule has 0 aliphatic rings. The van der Waals surface area contributed by atoms with Crippen LogP contribution < -0.4 is 5.32 Å². The zero-order valence-electron chi connectivity index (χ0n) is 12.6. The van der Waals surface area contributed by atoms with Crippen molar-refractivity contribution in [1.29, 1.82) is 0 Å². The molecule has 0 saturated carbocycles. The van der Waals surface area contributed by atoms with Crippen LogP contribution in [0.4, 0.5) is 4.39 Å². The number of hydrogen-bond donors (Lipinski definition) is 1. The normalized spacial score (nSPS) is 12.9. The number of carbonyl (C=O) groups excluding carboxylic acids is 3. The Morgan fingerprint density at radius 3 is 2.36 bits per heavy atom. The van der Waals surface area contributed by atoms with Crippen LogP contribution in [0.1, 0.15) is 23.7 Å². The average Bonchev–Trinajstić information content (AvgIpc) is 2.51. The first-order valence-corrected chi connectivity index (χ1v) is 6.60. The van der Waals surface area contributed by atoms with Crippen molar-refractivity contribution in [2.24, 2.45) is 5.92 Å². The van der Waals surface area contributed by atoms with E-state index < -0.39 is 35.6 Å². The molecule has 120 valence electrons. The van der Waals surface area contributed by atoms with Gasteiger partial charge in [0, 0.05) is 0 Å².